The number of carbonyl (C=O) groups is 1. The normalized spacial score (nSPS) is 10.8. The quantitative estimate of drug-likeness (QED) is 0.708. The van der Waals surface area contributed by atoms with Crippen LogP contribution in [0.4, 0.5) is 4.79 Å². The van der Waals surface area contributed by atoms with E-state index in [0.717, 1.165) is 16.9 Å². The maximum Gasteiger partial charge on any atom is 0.407 e. The highest BCUT2D eigenvalue weighted by Gasteiger charge is 2.09. The zero-order valence-corrected chi connectivity index (χ0v) is 14.2. The Hall–Kier alpha value is -2.24. The lowest BCUT2D eigenvalue weighted by Gasteiger charge is -2.09. The number of ether oxygens (including phenoxy) is 1. The van der Waals surface area contributed by atoms with Gasteiger partial charge in [0.15, 0.2) is 0 Å². The molecule has 0 bridgehead atoms. The van der Waals surface area contributed by atoms with Crippen molar-refractivity contribution in [1.82, 2.24) is 15.3 Å². The second-order valence-corrected chi connectivity index (χ2v) is 5.97. The summed E-state index contributed by atoms with van der Waals surface area (Å²) in [6.45, 7) is 0.434. The van der Waals surface area contributed by atoms with Crippen molar-refractivity contribution in [2.75, 3.05) is 6.54 Å². The van der Waals surface area contributed by atoms with Gasteiger partial charge in [0.2, 0.25) is 0 Å². The maximum atomic E-state index is 11.8. The molecule has 124 valence electrons. The Bertz CT molecular complexity index is 811. The average Bonchev–Trinajstić information content (AvgIpc) is 2.97. The molecule has 2 N–H and O–H groups in total. The van der Waals surface area contributed by atoms with Crippen LogP contribution in [-0.4, -0.2) is 22.6 Å². The van der Waals surface area contributed by atoms with Crippen LogP contribution >= 0.6 is 23.2 Å². The van der Waals surface area contributed by atoms with Gasteiger partial charge in [-0.15, -0.1) is 0 Å². The van der Waals surface area contributed by atoms with Crippen molar-refractivity contribution in [3.8, 4) is 0 Å². The number of rotatable bonds is 5. The molecule has 1 amide bonds. The number of amides is 1. The Morgan fingerprint density at radius 2 is 1.88 bits per heavy atom. The predicted molar refractivity (Wildman–Crippen MR) is 94.4 cm³/mol. The highest BCUT2D eigenvalue weighted by atomic mass is 35.5. The Labute approximate surface area is 148 Å². The van der Waals surface area contributed by atoms with Gasteiger partial charge >= 0.3 is 6.09 Å². The molecule has 24 heavy (non-hydrogen) atoms. The summed E-state index contributed by atoms with van der Waals surface area (Å²) in [7, 11) is 0. The number of hydrogen-bond donors (Lipinski definition) is 2. The van der Waals surface area contributed by atoms with E-state index in [1.54, 1.807) is 18.2 Å². The van der Waals surface area contributed by atoms with Gasteiger partial charge in [0.1, 0.15) is 12.4 Å². The molecule has 3 rings (SSSR count). The Kier molecular flexibility index (Phi) is 5.23. The van der Waals surface area contributed by atoms with Crippen molar-refractivity contribution in [1.29, 1.82) is 0 Å². The number of nitrogens with zero attached hydrogens (tertiary/aromatic N) is 1. The topological polar surface area (TPSA) is 67.0 Å². The molecule has 0 atom stereocenters. The minimum atomic E-state index is -0.526. The van der Waals surface area contributed by atoms with E-state index in [0.29, 0.717) is 28.6 Å². The van der Waals surface area contributed by atoms with Crippen molar-refractivity contribution in [2.45, 2.75) is 13.0 Å². The summed E-state index contributed by atoms with van der Waals surface area (Å²) < 4.78 is 5.14. The second kappa shape index (κ2) is 7.55. The first-order chi connectivity index (χ1) is 11.6. The van der Waals surface area contributed by atoms with Crippen molar-refractivity contribution >= 4 is 40.3 Å². The Morgan fingerprint density at radius 1 is 1.12 bits per heavy atom. The predicted octanol–water partition coefficient (Wildman–Crippen LogP) is 4.34. The molecule has 1 heterocycles. The number of aromatic amines is 1. The average molecular weight is 364 g/mol. The molecule has 0 fully saturated rings. The highest BCUT2D eigenvalue weighted by Crippen LogP contribution is 2.24. The third-order valence-electron chi connectivity index (χ3n) is 3.48. The molecular weight excluding hydrogens is 349 g/mol. The van der Waals surface area contributed by atoms with Crippen LogP contribution in [0.2, 0.25) is 10.0 Å². The molecule has 0 aliphatic carbocycles. The number of benzene rings is 2. The van der Waals surface area contributed by atoms with Crippen molar-refractivity contribution in [3.05, 3.63) is 63.9 Å². The van der Waals surface area contributed by atoms with E-state index < -0.39 is 6.09 Å². The fourth-order valence-electron chi connectivity index (χ4n) is 2.27. The number of imidazole rings is 1. The summed E-state index contributed by atoms with van der Waals surface area (Å²) in [6, 6.07) is 12.9. The molecule has 3 aromatic rings. The smallest absolute Gasteiger partial charge is 0.407 e. The monoisotopic (exact) mass is 363 g/mol. The van der Waals surface area contributed by atoms with Crippen molar-refractivity contribution < 1.29 is 9.53 Å². The lowest BCUT2D eigenvalue weighted by atomic mass is 10.2. The van der Waals surface area contributed by atoms with Gasteiger partial charge in [-0.3, -0.25) is 0 Å². The number of aromatic nitrogens is 2. The molecule has 0 radical (unpaired) electrons. The molecule has 5 nitrogen and oxygen atoms in total. The molecule has 7 heteroatoms. The summed E-state index contributed by atoms with van der Waals surface area (Å²) in [5.41, 5.74) is 2.47. The molecule has 0 saturated carbocycles. The van der Waals surface area contributed by atoms with E-state index >= 15 is 0 Å². The van der Waals surface area contributed by atoms with E-state index in [1.807, 2.05) is 24.3 Å². The zero-order valence-electron chi connectivity index (χ0n) is 12.7. The number of fused-ring (bicyclic) bond motifs is 1. The van der Waals surface area contributed by atoms with E-state index in [9.17, 15) is 4.79 Å². The fourth-order valence-corrected chi connectivity index (χ4v) is 2.77. The van der Waals surface area contributed by atoms with Crippen LogP contribution in [0, 0.1) is 0 Å². The molecule has 0 unspecified atom stereocenters. The van der Waals surface area contributed by atoms with E-state index in [4.69, 9.17) is 27.9 Å². The summed E-state index contributed by atoms with van der Waals surface area (Å²) in [5, 5.41) is 3.62. The lowest BCUT2D eigenvalue weighted by molar-refractivity contribution is 0.140. The van der Waals surface area contributed by atoms with Crippen LogP contribution in [-0.2, 0) is 17.8 Å². The fraction of sp³-hybridized carbons (Fsp3) is 0.176. The Morgan fingerprint density at radius 3 is 2.62 bits per heavy atom. The third-order valence-corrected chi connectivity index (χ3v) is 4.19. The minimum absolute atomic E-state index is 0.0228. The van der Waals surface area contributed by atoms with Gasteiger partial charge in [-0.1, -0.05) is 41.4 Å². The maximum absolute atomic E-state index is 11.8. The summed E-state index contributed by atoms with van der Waals surface area (Å²) in [6.07, 6.45) is 0.0542. The van der Waals surface area contributed by atoms with E-state index in [1.165, 1.54) is 0 Å². The number of carbonyl (C=O) groups excluding carboxylic acids is 1. The molecule has 2 aromatic carbocycles. The SMILES string of the molecule is O=C(NCCc1nc2ccccc2[nH]1)OCc1c(Cl)cccc1Cl. The van der Waals surface area contributed by atoms with Crippen molar-refractivity contribution in [2.24, 2.45) is 0 Å². The Balaban J connectivity index is 1.47. The molecule has 0 aliphatic rings. The van der Waals surface area contributed by atoms with E-state index in [-0.39, 0.29) is 6.61 Å². The van der Waals surface area contributed by atoms with E-state index in [2.05, 4.69) is 15.3 Å². The largest absolute Gasteiger partial charge is 0.445 e. The molecular formula is C17H15Cl2N3O2. The van der Waals surface area contributed by atoms with Crippen LogP contribution in [0.25, 0.3) is 11.0 Å². The number of H-pyrrole nitrogens is 1. The number of nitrogens with one attached hydrogen (secondary N) is 2. The first-order valence-corrected chi connectivity index (χ1v) is 8.16. The first-order valence-electron chi connectivity index (χ1n) is 7.40. The van der Waals surface area contributed by atoms with Crippen LogP contribution in [0.5, 0.6) is 0 Å². The molecule has 0 saturated heterocycles. The molecule has 0 aliphatic heterocycles. The highest BCUT2D eigenvalue weighted by molar-refractivity contribution is 6.35. The number of hydrogen-bond acceptors (Lipinski definition) is 3. The van der Waals surface area contributed by atoms with Gasteiger partial charge in [0.25, 0.3) is 0 Å². The van der Waals surface area contributed by atoms with Gasteiger partial charge in [-0.25, -0.2) is 9.78 Å². The standard InChI is InChI=1S/C17H15Cl2N3O2/c18-12-4-3-5-13(19)11(12)10-24-17(23)20-9-8-16-21-14-6-1-2-7-15(14)22-16/h1-7H,8-10H2,(H,20,23)(H,21,22). The number of para-hydroxylation sites is 2. The molecule has 0 spiro atoms. The summed E-state index contributed by atoms with van der Waals surface area (Å²) >= 11 is 12.1. The zero-order chi connectivity index (χ0) is 16.9. The minimum Gasteiger partial charge on any atom is -0.445 e. The van der Waals surface area contributed by atoms with Crippen LogP contribution in [0.15, 0.2) is 42.5 Å². The second-order valence-electron chi connectivity index (χ2n) is 5.15. The van der Waals surface area contributed by atoms with Crippen LogP contribution in [0.3, 0.4) is 0 Å². The van der Waals surface area contributed by atoms with Gasteiger partial charge in [0.05, 0.1) is 11.0 Å². The third kappa shape index (κ3) is 3.99. The van der Waals surface area contributed by atoms with Gasteiger partial charge in [-0.05, 0) is 24.3 Å². The summed E-state index contributed by atoms with van der Waals surface area (Å²) in [5.74, 6) is 0.811. The van der Waals surface area contributed by atoms with Gasteiger partial charge < -0.3 is 15.0 Å². The first kappa shape index (κ1) is 16.6. The van der Waals surface area contributed by atoms with Crippen LogP contribution < -0.4 is 5.32 Å². The van der Waals surface area contributed by atoms with Gasteiger partial charge in [0, 0.05) is 28.6 Å². The summed E-state index contributed by atoms with van der Waals surface area (Å²) in [4.78, 5) is 19.4. The molecule has 1 aromatic heterocycles. The van der Waals surface area contributed by atoms with Crippen molar-refractivity contribution in [3.63, 3.8) is 0 Å². The number of alkyl carbamates (subject to hydrolysis) is 1. The number of halogens is 2. The van der Waals surface area contributed by atoms with Gasteiger partial charge in [-0.2, -0.15) is 0 Å². The lowest BCUT2D eigenvalue weighted by Crippen LogP contribution is -2.26. The van der Waals surface area contributed by atoms with Crippen LogP contribution in [0.1, 0.15) is 11.4 Å².